The summed E-state index contributed by atoms with van der Waals surface area (Å²) in [4.78, 5) is 2.53. The summed E-state index contributed by atoms with van der Waals surface area (Å²) >= 11 is 1.78. The van der Waals surface area contributed by atoms with Gasteiger partial charge in [-0.1, -0.05) is 6.92 Å². The van der Waals surface area contributed by atoms with Gasteiger partial charge in [0.15, 0.2) is 0 Å². The zero-order valence-corrected chi connectivity index (χ0v) is 12.9. The topological polar surface area (TPSA) is 24.5 Å². The minimum atomic E-state index is 0.337. The van der Waals surface area contributed by atoms with Crippen LogP contribution in [-0.2, 0) is 11.2 Å². The van der Waals surface area contributed by atoms with E-state index in [2.05, 4.69) is 41.0 Å². The van der Waals surface area contributed by atoms with E-state index < -0.39 is 0 Å². The molecule has 19 heavy (non-hydrogen) atoms. The predicted octanol–water partition coefficient (Wildman–Crippen LogP) is 2.38. The molecule has 1 aromatic heterocycles. The minimum Gasteiger partial charge on any atom is -0.374 e. The van der Waals surface area contributed by atoms with Crippen molar-refractivity contribution in [3.8, 4) is 0 Å². The zero-order valence-electron chi connectivity index (χ0n) is 12.1. The summed E-state index contributed by atoms with van der Waals surface area (Å²) in [6.07, 6.45) is 3.86. The first kappa shape index (κ1) is 15.0. The monoisotopic (exact) mass is 282 g/mol. The van der Waals surface area contributed by atoms with Crippen LogP contribution in [0.5, 0.6) is 0 Å². The van der Waals surface area contributed by atoms with Crippen LogP contribution in [0.15, 0.2) is 16.8 Å². The van der Waals surface area contributed by atoms with E-state index in [1.165, 1.54) is 18.5 Å². The first-order chi connectivity index (χ1) is 9.33. The van der Waals surface area contributed by atoms with Gasteiger partial charge in [-0.2, -0.15) is 11.3 Å². The van der Waals surface area contributed by atoms with Gasteiger partial charge >= 0.3 is 0 Å². The van der Waals surface area contributed by atoms with Crippen LogP contribution in [0.2, 0.25) is 0 Å². The molecule has 0 amide bonds. The smallest absolute Gasteiger partial charge is 0.0855 e. The highest BCUT2D eigenvalue weighted by Gasteiger charge is 2.26. The number of aryl methyl sites for hydroxylation is 1. The van der Waals surface area contributed by atoms with Gasteiger partial charge < -0.3 is 10.1 Å². The Hall–Kier alpha value is -0.420. The molecule has 3 nitrogen and oxygen atoms in total. The molecule has 0 spiro atoms. The first-order valence-corrected chi connectivity index (χ1v) is 8.30. The number of nitrogens with zero attached hydrogens (tertiary/aromatic N) is 1. The van der Waals surface area contributed by atoms with Crippen molar-refractivity contribution >= 4 is 11.3 Å². The van der Waals surface area contributed by atoms with E-state index in [-0.39, 0.29) is 0 Å². The van der Waals surface area contributed by atoms with Crippen LogP contribution < -0.4 is 5.32 Å². The second-order valence-corrected chi connectivity index (χ2v) is 6.06. The van der Waals surface area contributed by atoms with Gasteiger partial charge in [0.05, 0.1) is 12.7 Å². The van der Waals surface area contributed by atoms with Crippen LogP contribution in [0, 0.1) is 0 Å². The summed E-state index contributed by atoms with van der Waals surface area (Å²) in [5, 5.41) is 7.85. The molecule has 1 fully saturated rings. The van der Waals surface area contributed by atoms with Gasteiger partial charge in [0.2, 0.25) is 0 Å². The third-order valence-corrected chi connectivity index (χ3v) is 4.59. The van der Waals surface area contributed by atoms with E-state index in [0.29, 0.717) is 12.1 Å². The SMILES string of the molecule is CCCN1CCOC(C(CCc2ccsc2)NC)C1. The Morgan fingerprint density at radius 2 is 2.47 bits per heavy atom. The molecular weight excluding hydrogens is 256 g/mol. The van der Waals surface area contributed by atoms with Crippen LogP contribution in [0.4, 0.5) is 0 Å². The van der Waals surface area contributed by atoms with E-state index in [4.69, 9.17) is 4.74 Å². The zero-order chi connectivity index (χ0) is 13.5. The molecule has 2 unspecified atom stereocenters. The fraction of sp³-hybridized carbons (Fsp3) is 0.733. The first-order valence-electron chi connectivity index (χ1n) is 7.35. The summed E-state index contributed by atoms with van der Waals surface area (Å²) in [5.74, 6) is 0. The van der Waals surface area contributed by atoms with E-state index in [0.717, 1.165) is 32.5 Å². The highest BCUT2D eigenvalue weighted by Crippen LogP contribution is 2.15. The minimum absolute atomic E-state index is 0.337. The quantitative estimate of drug-likeness (QED) is 0.831. The fourth-order valence-electron chi connectivity index (χ4n) is 2.77. The van der Waals surface area contributed by atoms with E-state index in [1.54, 1.807) is 11.3 Å². The summed E-state index contributed by atoms with van der Waals surface area (Å²) < 4.78 is 5.98. The number of hydrogen-bond donors (Lipinski definition) is 1. The van der Waals surface area contributed by atoms with Gasteiger partial charge in [-0.15, -0.1) is 0 Å². The Labute approximate surface area is 121 Å². The Kier molecular flexibility index (Phi) is 6.31. The molecule has 0 aliphatic carbocycles. The number of likely N-dealkylation sites (N-methyl/N-ethyl adjacent to an activating group) is 1. The Morgan fingerprint density at radius 1 is 1.58 bits per heavy atom. The highest BCUT2D eigenvalue weighted by molar-refractivity contribution is 7.07. The second kappa shape index (κ2) is 8.00. The van der Waals surface area contributed by atoms with E-state index >= 15 is 0 Å². The molecule has 2 heterocycles. The number of morpholine rings is 1. The van der Waals surface area contributed by atoms with Crippen LogP contribution in [0.3, 0.4) is 0 Å². The van der Waals surface area contributed by atoms with E-state index in [9.17, 15) is 0 Å². The molecule has 2 atom stereocenters. The summed E-state index contributed by atoms with van der Waals surface area (Å²) in [7, 11) is 2.06. The molecule has 108 valence electrons. The Balaban J connectivity index is 1.82. The molecule has 1 saturated heterocycles. The van der Waals surface area contributed by atoms with Gasteiger partial charge in [-0.25, -0.2) is 0 Å². The van der Waals surface area contributed by atoms with Crippen molar-refractivity contribution in [2.24, 2.45) is 0 Å². The van der Waals surface area contributed by atoms with Crippen LogP contribution in [-0.4, -0.2) is 50.3 Å². The molecular formula is C15H26N2OS. The maximum atomic E-state index is 5.98. The molecule has 1 N–H and O–H groups in total. The van der Waals surface area contributed by atoms with Crippen molar-refractivity contribution in [2.45, 2.75) is 38.3 Å². The molecule has 0 radical (unpaired) electrons. The van der Waals surface area contributed by atoms with Crippen molar-refractivity contribution in [2.75, 3.05) is 33.3 Å². The summed E-state index contributed by atoms with van der Waals surface area (Å²) in [6, 6.07) is 2.68. The Bertz CT molecular complexity index is 340. The van der Waals surface area contributed by atoms with Crippen LogP contribution >= 0.6 is 11.3 Å². The molecule has 1 aliphatic rings. The maximum absolute atomic E-state index is 5.98. The van der Waals surface area contributed by atoms with Gasteiger partial charge in [0.25, 0.3) is 0 Å². The molecule has 4 heteroatoms. The van der Waals surface area contributed by atoms with Crippen molar-refractivity contribution in [3.05, 3.63) is 22.4 Å². The van der Waals surface area contributed by atoms with Crippen molar-refractivity contribution < 1.29 is 4.74 Å². The van der Waals surface area contributed by atoms with Gasteiger partial charge in [-0.05, 0) is 55.2 Å². The number of rotatable bonds is 7. The number of hydrogen-bond acceptors (Lipinski definition) is 4. The number of nitrogens with one attached hydrogen (secondary N) is 1. The fourth-order valence-corrected chi connectivity index (χ4v) is 3.47. The average molecular weight is 282 g/mol. The largest absolute Gasteiger partial charge is 0.374 e. The van der Waals surface area contributed by atoms with Gasteiger partial charge in [0.1, 0.15) is 0 Å². The third kappa shape index (κ3) is 4.56. The lowest BCUT2D eigenvalue weighted by Gasteiger charge is -2.37. The summed E-state index contributed by atoms with van der Waals surface area (Å²) in [6.45, 7) is 6.48. The van der Waals surface area contributed by atoms with Crippen molar-refractivity contribution in [3.63, 3.8) is 0 Å². The average Bonchev–Trinajstić information content (AvgIpc) is 2.94. The van der Waals surface area contributed by atoms with Crippen molar-refractivity contribution in [1.29, 1.82) is 0 Å². The standard InChI is InChI=1S/C15H26N2OS/c1-3-7-17-8-9-18-15(11-17)14(16-2)5-4-13-6-10-19-12-13/h6,10,12,14-16H,3-5,7-9,11H2,1-2H3. The molecule has 1 aliphatic heterocycles. The highest BCUT2D eigenvalue weighted by atomic mass is 32.1. The summed E-state index contributed by atoms with van der Waals surface area (Å²) in [5.41, 5.74) is 1.45. The van der Waals surface area contributed by atoms with Crippen LogP contribution in [0.25, 0.3) is 0 Å². The van der Waals surface area contributed by atoms with Crippen LogP contribution in [0.1, 0.15) is 25.3 Å². The molecule has 0 bridgehead atoms. The number of ether oxygens (including phenoxy) is 1. The Morgan fingerprint density at radius 3 is 3.16 bits per heavy atom. The predicted molar refractivity (Wildman–Crippen MR) is 82.0 cm³/mol. The normalized spacial score (nSPS) is 22.5. The lowest BCUT2D eigenvalue weighted by Crippen LogP contribution is -2.51. The second-order valence-electron chi connectivity index (χ2n) is 5.28. The van der Waals surface area contributed by atoms with Crippen molar-refractivity contribution in [1.82, 2.24) is 10.2 Å². The number of thiophene rings is 1. The van der Waals surface area contributed by atoms with Gasteiger partial charge in [-0.3, -0.25) is 4.90 Å². The molecule has 1 aromatic rings. The maximum Gasteiger partial charge on any atom is 0.0855 e. The van der Waals surface area contributed by atoms with E-state index in [1.807, 2.05) is 0 Å². The molecule has 0 saturated carbocycles. The lowest BCUT2D eigenvalue weighted by atomic mass is 10.0. The lowest BCUT2D eigenvalue weighted by molar-refractivity contribution is -0.0463. The molecule has 0 aromatic carbocycles. The molecule has 2 rings (SSSR count). The third-order valence-electron chi connectivity index (χ3n) is 3.86. The van der Waals surface area contributed by atoms with Gasteiger partial charge in [0, 0.05) is 19.1 Å².